The molecule has 5 heteroatoms. The van der Waals surface area contributed by atoms with Crippen LogP contribution in [0.5, 0.6) is 0 Å². The van der Waals surface area contributed by atoms with Crippen LogP contribution in [-0.2, 0) is 9.59 Å². The van der Waals surface area contributed by atoms with E-state index in [4.69, 9.17) is 23.2 Å². The lowest BCUT2D eigenvalue weighted by molar-refractivity contribution is -0.135. The van der Waals surface area contributed by atoms with E-state index in [1.54, 1.807) is 24.3 Å². The minimum atomic E-state index is -0.494. The molecule has 2 amide bonds. The van der Waals surface area contributed by atoms with Crippen LogP contribution in [0.1, 0.15) is 5.56 Å². The van der Waals surface area contributed by atoms with Crippen molar-refractivity contribution in [3.63, 3.8) is 0 Å². The summed E-state index contributed by atoms with van der Waals surface area (Å²) in [5.41, 5.74) is 0.787. The molecule has 1 heterocycles. The standard InChI is InChI=1S/C13H9Cl2NO2/c1-2-7-16-12(17)10(11(15)13(16)18)8-3-5-9(14)6-4-8/h2-6H,1,7H2. The van der Waals surface area contributed by atoms with Gasteiger partial charge in [-0.25, -0.2) is 0 Å². The maximum atomic E-state index is 12.1. The lowest BCUT2D eigenvalue weighted by Gasteiger charge is -2.11. The van der Waals surface area contributed by atoms with E-state index in [2.05, 4.69) is 6.58 Å². The Hall–Kier alpha value is -1.58. The molecule has 3 nitrogen and oxygen atoms in total. The first-order chi connectivity index (χ1) is 8.56. The molecule has 0 saturated heterocycles. The summed E-state index contributed by atoms with van der Waals surface area (Å²) >= 11 is 11.7. The zero-order valence-electron chi connectivity index (χ0n) is 9.32. The molecule has 1 aliphatic heterocycles. The minimum absolute atomic E-state index is 0.0656. The Morgan fingerprint density at radius 3 is 2.28 bits per heavy atom. The first kappa shape index (κ1) is 12.9. The molecule has 18 heavy (non-hydrogen) atoms. The maximum absolute atomic E-state index is 12.1. The fraction of sp³-hybridized carbons (Fsp3) is 0.0769. The van der Waals surface area contributed by atoms with Crippen LogP contribution in [0.2, 0.25) is 5.02 Å². The molecule has 0 radical (unpaired) electrons. The van der Waals surface area contributed by atoms with Crippen molar-refractivity contribution < 1.29 is 9.59 Å². The Morgan fingerprint density at radius 2 is 1.72 bits per heavy atom. The summed E-state index contributed by atoms with van der Waals surface area (Å²) < 4.78 is 0. The number of rotatable bonds is 3. The summed E-state index contributed by atoms with van der Waals surface area (Å²) in [7, 11) is 0. The zero-order chi connectivity index (χ0) is 13.3. The van der Waals surface area contributed by atoms with Crippen LogP contribution in [0.4, 0.5) is 0 Å². The second-order valence-corrected chi connectivity index (χ2v) is 4.52. The van der Waals surface area contributed by atoms with Gasteiger partial charge in [-0.05, 0) is 17.7 Å². The van der Waals surface area contributed by atoms with Crippen LogP contribution in [-0.4, -0.2) is 23.3 Å². The van der Waals surface area contributed by atoms with Crippen molar-refractivity contribution in [1.29, 1.82) is 0 Å². The van der Waals surface area contributed by atoms with Crippen LogP contribution >= 0.6 is 23.2 Å². The molecule has 0 saturated carbocycles. The SMILES string of the molecule is C=CCN1C(=O)C(Cl)=C(c2ccc(Cl)cc2)C1=O. The Labute approximate surface area is 114 Å². The molecule has 1 aliphatic rings. The number of carbonyl (C=O) groups excluding carboxylic acids is 2. The van der Waals surface area contributed by atoms with Gasteiger partial charge in [0.1, 0.15) is 5.03 Å². The average molecular weight is 282 g/mol. The number of hydrogen-bond donors (Lipinski definition) is 0. The molecule has 0 aromatic heterocycles. The van der Waals surface area contributed by atoms with E-state index in [0.717, 1.165) is 4.90 Å². The van der Waals surface area contributed by atoms with E-state index in [9.17, 15) is 9.59 Å². The molecule has 1 aromatic carbocycles. The van der Waals surface area contributed by atoms with Crippen molar-refractivity contribution in [3.8, 4) is 0 Å². The van der Waals surface area contributed by atoms with Crippen molar-refractivity contribution in [1.82, 2.24) is 4.90 Å². The largest absolute Gasteiger partial charge is 0.273 e. The average Bonchev–Trinajstić information content (AvgIpc) is 2.56. The third kappa shape index (κ3) is 2.07. The highest BCUT2D eigenvalue weighted by molar-refractivity contribution is 6.55. The normalized spacial score (nSPS) is 15.6. The second kappa shape index (κ2) is 4.96. The van der Waals surface area contributed by atoms with E-state index in [1.165, 1.54) is 6.08 Å². The highest BCUT2D eigenvalue weighted by Gasteiger charge is 2.37. The monoisotopic (exact) mass is 281 g/mol. The van der Waals surface area contributed by atoms with Gasteiger partial charge in [0.05, 0.1) is 5.57 Å². The molecule has 0 fully saturated rings. The second-order valence-electron chi connectivity index (χ2n) is 3.71. The number of halogens is 2. The van der Waals surface area contributed by atoms with Gasteiger partial charge < -0.3 is 0 Å². The first-order valence-corrected chi connectivity index (χ1v) is 5.94. The molecule has 0 atom stereocenters. The predicted molar refractivity (Wildman–Crippen MR) is 71.1 cm³/mol. The van der Waals surface area contributed by atoms with Gasteiger partial charge >= 0.3 is 0 Å². The number of imide groups is 1. The summed E-state index contributed by atoms with van der Waals surface area (Å²) in [6.45, 7) is 3.65. The van der Waals surface area contributed by atoms with Gasteiger partial charge in [-0.1, -0.05) is 41.4 Å². The van der Waals surface area contributed by atoms with Crippen molar-refractivity contribution in [2.45, 2.75) is 0 Å². The predicted octanol–water partition coefficient (Wildman–Crippen LogP) is 2.84. The topological polar surface area (TPSA) is 37.4 Å². The molecule has 0 aliphatic carbocycles. The Bertz CT molecular complexity index is 561. The van der Waals surface area contributed by atoms with Gasteiger partial charge in [0.15, 0.2) is 0 Å². The quantitative estimate of drug-likeness (QED) is 0.631. The van der Waals surface area contributed by atoms with Gasteiger partial charge in [-0.15, -0.1) is 6.58 Å². The molecule has 0 spiro atoms. The summed E-state index contributed by atoms with van der Waals surface area (Å²) in [6.07, 6.45) is 1.48. The number of benzene rings is 1. The van der Waals surface area contributed by atoms with E-state index in [1.807, 2.05) is 0 Å². The van der Waals surface area contributed by atoms with Gasteiger partial charge in [-0.2, -0.15) is 0 Å². The smallest absolute Gasteiger partial charge is 0.270 e. The van der Waals surface area contributed by atoms with Crippen LogP contribution in [0, 0.1) is 0 Å². The molecule has 1 aromatic rings. The Kier molecular flexibility index (Phi) is 3.55. The lowest BCUT2D eigenvalue weighted by atomic mass is 10.1. The lowest BCUT2D eigenvalue weighted by Crippen LogP contribution is -2.31. The van der Waals surface area contributed by atoms with E-state index >= 15 is 0 Å². The fourth-order valence-corrected chi connectivity index (χ4v) is 2.13. The summed E-state index contributed by atoms with van der Waals surface area (Å²) in [6, 6.07) is 6.59. The molecule has 0 N–H and O–H groups in total. The van der Waals surface area contributed by atoms with Gasteiger partial charge in [0, 0.05) is 11.6 Å². The number of carbonyl (C=O) groups is 2. The van der Waals surface area contributed by atoms with E-state index in [-0.39, 0.29) is 17.2 Å². The molecule has 92 valence electrons. The number of hydrogen-bond acceptors (Lipinski definition) is 2. The molecular weight excluding hydrogens is 273 g/mol. The van der Waals surface area contributed by atoms with Crippen molar-refractivity contribution in [2.75, 3.05) is 6.54 Å². The Balaban J connectivity index is 2.44. The summed E-state index contributed by atoms with van der Waals surface area (Å²) in [5.74, 6) is -0.904. The molecule has 0 bridgehead atoms. The molecular formula is C13H9Cl2NO2. The first-order valence-electron chi connectivity index (χ1n) is 5.19. The van der Waals surface area contributed by atoms with E-state index < -0.39 is 11.8 Å². The van der Waals surface area contributed by atoms with Crippen molar-refractivity contribution >= 4 is 40.6 Å². The van der Waals surface area contributed by atoms with Gasteiger partial charge in [-0.3, -0.25) is 14.5 Å². The highest BCUT2D eigenvalue weighted by Crippen LogP contribution is 2.31. The summed E-state index contributed by atoms with van der Waals surface area (Å²) in [4.78, 5) is 24.9. The molecule has 0 unspecified atom stereocenters. The zero-order valence-corrected chi connectivity index (χ0v) is 10.8. The maximum Gasteiger partial charge on any atom is 0.273 e. The van der Waals surface area contributed by atoms with Crippen LogP contribution in [0.15, 0.2) is 42.0 Å². The number of nitrogens with zero attached hydrogens (tertiary/aromatic N) is 1. The van der Waals surface area contributed by atoms with Gasteiger partial charge in [0.25, 0.3) is 11.8 Å². The minimum Gasteiger partial charge on any atom is -0.270 e. The molecule has 2 rings (SSSR count). The van der Waals surface area contributed by atoms with Crippen molar-refractivity contribution in [3.05, 3.63) is 52.5 Å². The van der Waals surface area contributed by atoms with Gasteiger partial charge in [0.2, 0.25) is 0 Å². The van der Waals surface area contributed by atoms with E-state index in [0.29, 0.717) is 10.6 Å². The third-order valence-electron chi connectivity index (χ3n) is 2.56. The Morgan fingerprint density at radius 1 is 1.11 bits per heavy atom. The van der Waals surface area contributed by atoms with Crippen molar-refractivity contribution in [2.24, 2.45) is 0 Å². The third-order valence-corrected chi connectivity index (χ3v) is 3.16. The van der Waals surface area contributed by atoms with Crippen LogP contribution in [0.25, 0.3) is 5.57 Å². The fourth-order valence-electron chi connectivity index (χ4n) is 1.71. The number of amides is 2. The van der Waals surface area contributed by atoms with Crippen LogP contribution < -0.4 is 0 Å². The highest BCUT2D eigenvalue weighted by atomic mass is 35.5. The van der Waals surface area contributed by atoms with Crippen LogP contribution in [0.3, 0.4) is 0 Å². The summed E-state index contributed by atoms with van der Waals surface area (Å²) in [5, 5.41) is 0.486.